The van der Waals surface area contributed by atoms with Crippen LogP contribution in [0.25, 0.3) is 0 Å². The van der Waals surface area contributed by atoms with Crippen molar-refractivity contribution in [2.75, 3.05) is 26.7 Å². The van der Waals surface area contributed by atoms with Gasteiger partial charge in [-0.2, -0.15) is 0 Å². The van der Waals surface area contributed by atoms with Crippen LogP contribution in [0.4, 0.5) is 4.39 Å². The maximum atomic E-state index is 14.0. The van der Waals surface area contributed by atoms with Crippen LogP contribution in [0.5, 0.6) is 0 Å². The lowest BCUT2D eigenvalue weighted by Crippen LogP contribution is -2.47. The number of piperidine rings is 2. The van der Waals surface area contributed by atoms with Crippen LogP contribution >= 0.6 is 0 Å². The molecule has 0 radical (unpaired) electrons. The van der Waals surface area contributed by atoms with Crippen LogP contribution in [-0.2, 0) is 0 Å². The Balaban J connectivity index is 1.63. The summed E-state index contributed by atoms with van der Waals surface area (Å²) >= 11 is 0. The molecule has 1 aromatic carbocycles. The fourth-order valence-electron chi connectivity index (χ4n) is 4.24. The molecular formula is C19H27FN2O. The summed E-state index contributed by atoms with van der Waals surface area (Å²) in [6.45, 7) is 4.50. The molecule has 0 aliphatic carbocycles. The summed E-state index contributed by atoms with van der Waals surface area (Å²) in [4.78, 5) is 17.0. The first kappa shape index (κ1) is 16.4. The lowest BCUT2D eigenvalue weighted by atomic mass is 9.84. The van der Waals surface area contributed by atoms with Gasteiger partial charge in [-0.3, -0.25) is 4.79 Å². The van der Waals surface area contributed by atoms with Crippen molar-refractivity contribution in [2.24, 2.45) is 5.92 Å². The summed E-state index contributed by atoms with van der Waals surface area (Å²) in [6, 6.07) is 5.51. The largest absolute Gasteiger partial charge is 0.339 e. The van der Waals surface area contributed by atoms with Crippen LogP contribution in [0.2, 0.25) is 0 Å². The average Bonchev–Trinajstić information content (AvgIpc) is 2.55. The van der Waals surface area contributed by atoms with Crippen LogP contribution in [0.3, 0.4) is 0 Å². The number of rotatable bonds is 2. The highest BCUT2D eigenvalue weighted by molar-refractivity contribution is 5.96. The zero-order valence-electron chi connectivity index (χ0n) is 14.2. The predicted octanol–water partition coefficient (Wildman–Crippen LogP) is 3.47. The van der Waals surface area contributed by atoms with Crippen molar-refractivity contribution in [1.29, 1.82) is 0 Å². The van der Waals surface area contributed by atoms with E-state index in [-0.39, 0.29) is 11.5 Å². The van der Waals surface area contributed by atoms with Crippen molar-refractivity contribution < 1.29 is 9.18 Å². The van der Waals surface area contributed by atoms with Gasteiger partial charge < -0.3 is 9.80 Å². The maximum Gasteiger partial charge on any atom is 0.257 e. The Bertz CT molecular complexity index is 546. The first-order valence-electron chi connectivity index (χ1n) is 8.82. The molecule has 2 heterocycles. The predicted molar refractivity (Wildman–Crippen MR) is 90.0 cm³/mol. The Hall–Kier alpha value is -1.42. The number of likely N-dealkylation sites (tertiary alicyclic amines) is 2. The molecule has 1 amide bonds. The van der Waals surface area contributed by atoms with Crippen molar-refractivity contribution in [2.45, 2.75) is 45.1 Å². The van der Waals surface area contributed by atoms with E-state index in [9.17, 15) is 9.18 Å². The van der Waals surface area contributed by atoms with Gasteiger partial charge in [-0.25, -0.2) is 4.39 Å². The van der Waals surface area contributed by atoms with Gasteiger partial charge in [0.2, 0.25) is 0 Å². The number of aryl methyl sites for hydroxylation is 1. The second-order valence-corrected chi connectivity index (χ2v) is 7.11. The highest BCUT2D eigenvalue weighted by Crippen LogP contribution is 2.30. The van der Waals surface area contributed by atoms with E-state index in [4.69, 9.17) is 0 Å². The minimum Gasteiger partial charge on any atom is -0.339 e. The average molecular weight is 318 g/mol. The molecular weight excluding hydrogens is 291 g/mol. The molecule has 0 aromatic heterocycles. The van der Waals surface area contributed by atoms with Crippen molar-refractivity contribution in [3.05, 3.63) is 35.1 Å². The zero-order valence-corrected chi connectivity index (χ0v) is 14.2. The zero-order chi connectivity index (χ0) is 16.4. The molecule has 4 heteroatoms. The first-order chi connectivity index (χ1) is 11.1. The lowest BCUT2D eigenvalue weighted by Gasteiger charge is -2.42. The van der Waals surface area contributed by atoms with E-state index in [1.54, 1.807) is 19.1 Å². The Morgan fingerprint density at radius 2 is 1.87 bits per heavy atom. The van der Waals surface area contributed by atoms with Gasteiger partial charge in [0.25, 0.3) is 5.91 Å². The quantitative estimate of drug-likeness (QED) is 0.833. The van der Waals surface area contributed by atoms with E-state index >= 15 is 0 Å². The second-order valence-electron chi connectivity index (χ2n) is 7.11. The molecule has 1 atom stereocenters. The van der Waals surface area contributed by atoms with Gasteiger partial charge in [0, 0.05) is 19.1 Å². The summed E-state index contributed by atoms with van der Waals surface area (Å²) in [6.07, 6.45) is 5.98. The molecule has 126 valence electrons. The molecule has 2 fully saturated rings. The molecule has 3 rings (SSSR count). The third-order valence-corrected chi connectivity index (χ3v) is 5.63. The third-order valence-electron chi connectivity index (χ3n) is 5.63. The number of halogens is 1. The van der Waals surface area contributed by atoms with E-state index in [1.807, 2.05) is 4.90 Å². The normalized spacial score (nSPS) is 24.0. The van der Waals surface area contributed by atoms with Crippen molar-refractivity contribution in [1.82, 2.24) is 9.80 Å². The lowest BCUT2D eigenvalue weighted by molar-refractivity contribution is 0.0550. The van der Waals surface area contributed by atoms with Gasteiger partial charge >= 0.3 is 0 Å². The molecule has 0 bridgehead atoms. The molecule has 23 heavy (non-hydrogen) atoms. The number of hydrogen-bond donors (Lipinski definition) is 0. The van der Waals surface area contributed by atoms with Crippen LogP contribution < -0.4 is 0 Å². The van der Waals surface area contributed by atoms with Crippen molar-refractivity contribution >= 4 is 5.91 Å². The Morgan fingerprint density at radius 3 is 2.52 bits per heavy atom. The smallest absolute Gasteiger partial charge is 0.257 e. The Kier molecular flexibility index (Phi) is 5.00. The van der Waals surface area contributed by atoms with E-state index in [2.05, 4.69) is 11.9 Å². The fraction of sp³-hybridized carbons (Fsp3) is 0.632. The van der Waals surface area contributed by atoms with E-state index in [0.29, 0.717) is 12.0 Å². The number of carbonyl (C=O) groups is 1. The highest BCUT2D eigenvalue weighted by Gasteiger charge is 2.32. The fourth-order valence-corrected chi connectivity index (χ4v) is 4.24. The molecule has 2 aliphatic rings. The molecule has 1 aromatic rings. The number of nitrogens with zero attached hydrogens (tertiary/aromatic N) is 2. The van der Waals surface area contributed by atoms with E-state index < -0.39 is 5.82 Å². The Labute approximate surface area is 138 Å². The second kappa shape index (κ2) is 7.00. The van der Waals surface area contributed by atoms with Gasteiger partial charge in [0.05, 0.1) is 5.56 Å². The summed E-state index contributed by atoms with van der Waals surface area (Å²) in [5.74, 6) is 0.131. The standard InChI is InChI=1S/C19H27FN2O/c1-14-6-5-7-16(20)18(14)19(23)22-12-9-15(10-13-22)17-8-3-4-11-21(17)2/h5-7,15,17H,3-4,8-13H2,1-2H3. The molecule has 1 unspecified atom stereocenters. The topological polar surface area (TPSA) is 23.6 Å². The molecule has 3 nitrogen and oxygen atoms in total. The number of benzene rings is 1. The minimum atomic E-state index is -0.399. The van der Waals surface area contributed by atoms with Gasteiger partial charge in [0.1, 0.15) is 5.82 Å². The van der Waals surface area contributed by atoms with Crippen LogP contribution in [0.1, 0.15) is 48.0 Å². The first-order valence-corrected chi connectivity index (χ1v) is 8.82. The number of hydrogen-bond acceptors (Lipinski definition) is 2. The van der Waals surface area contributed by atoms with Gasteiger partial charge in [0.15, 0.2) is 0 Å². The summed E-state index contributed by atoms with van der Waals surface area (Å²) in [5.41, 5.74) is 0.977. The Morgan fingerprint density at radius 1 is 1.13 bits per heavy atom. The van der Waals surface area contributed by atoms with E-state index in [0.717, 1.165) is 31.5 Å². The number of carbonyl (C=O) groups excluding carboxylic acids is 1. The minimum absolute atomic E-state index is 0.143. The monoisotopic (exact) mass is 318 g/mol. The highest BCUT2D eigenvalue weighted by atomic mass is 19.1. The molecule has 0 N–H and O–H groups in total. The van der Waals surface area contributed by atoms with Crippen molar-refractivity contribution in [3.8, 4) is 0 Å². The van der Waals surface area contributed by atoms with Crippen LogP contribution in [0.15, 0.2) is 18.2 Å². The molecule has 2 saturated heterocycles. The van der Waals surface area contributed by atoms with Crippen molar-refractivity contribution in [3.63, 3.8) is 0 Å². The molecule has 0 saturated carbocycles. The molecule has 2 aliphatic heterocycles. The summed E-state index contributed by atoms with van der Waals surface area (Å²) < 4.78 is 14.0. The summed E-state index contributed by atoms with van der Waals surface area (Å²) in [7, 11) is 2.23. The molecule has 0 spiro atoms. The SMILES string of the molecule is Cc1cccc(F)c1C(=O)N1CCC(C2CCCCN2C)CC1. The van der Waals surface area contributed by atoms with Crippen LogP contribution in [0, 0.1) is 18.7 Å². The van der Waals surface area contributed by atoms with Gasteiger partial charge in [-0.05, 0) is 63.7 Å². The van der Waals surface area contributed by atoms with E-state index in [1.165, 1.54) is 31.9 Å². The van der Waals surface area contributed by atoms with Gasteiger partial charge in [-0.1, -0.05) is 18.6 Å². The van der Waals surface area contributed by atoms with Gasteiger partial charge in [-0.15, -0.1) is 0 Å². The third kappa shape index (κ3) is 3.42. The van der Waals surface area contributed by atoms with Crippen LogP contribution in [-0.4, -0.2) is 48.4 Å². The number of amides is 1. The summed E-state index contributed by atoms with van der Waals surface area (Å²) in [5, 5.41) is 0. The maximum absolute atomic E-state index is 14.0.